The molecule has 6 heteroatoms. The third-order valence-corrected chi connectivity index (χ3v) is 7.91. The van der Waals surface area contributed by atoms with Gasteiger partial charge < -0.3 is 14.5 Å². The Kier molecular flexibility index (Phi) is 6.89. The van der Waals surface area contributed by atoms with Crippen LogP contribution in [0.2, 0.25) is 0 Å². The van der Waals surface area contributed by atoms with Gasteiger partial charge in [0.1, 0.15) is 0 Å². The fourth-order valence-electron chi connectivity index (χ4n) is 5.04. The average Bonchev–Trinajstić information content (AvgIpc) is 3.69. The molecule has 1 amide bonds. The Balaban J connectivity index is 1.27. The number of carboxylic acid groups (broad SMARTS) is 1. The van der Waals surface area contributed by atoms with Crippen molar-refractivity contribution in [3.63, 3.8) is 0 Å². The van der Waals surface area contributed by atoms with Crippen LogP contribution in [0.3, 0.4) is 0 Å². The molecule has 1 heterocycles. The van der Waals surface area contributed by atoms with E-state index in [9.17, 15) is 14.7 Å². The lowest BCUT2D eigenvalue weighted by Gasteiger charge is -2.25. The van der Waals surface area contributed by atoms with Crippen LogP contribution in [0.5, 0.6) is 0 Å². The monoisotopic (exact) mass is 508 g/mol. The Morgan fingerprint density at radius 2 is 1.53 bits per heavy atom. The molecular weight excluding hydrogens is 476 g/mol. The summed E-state index contributed by atoms with van der Waals surface area (Å²) in [7, 11) is 1.85. The molecule has 1 N–H and O–H groups in total. The van der Waals surface area contributed by atoms with E-state index in [0.717, 1.165) is 39.1 Å². The van der Waals surface area contributed by atoms with Gasteiger partial charge in [-0.25, -0.2) is 0 Å². The Morgan fingerprint density at radius 3 is 2.11 bits per heavy atom. The van der Waals surface area contributed by atoms with Gasteiger partial charge in [-0.3, -0.25) is 9.59 Å². The minimum atomic E-state index is -0.744. The highest BCUT2D eigenvalue weighted by Crippen LogP contribution is 2.48. The molecule has 0 radical (unpaired) electrons. The topological polar surface area (TPSA) is 83.6 Å². The van der Waals surface area contributed by atoms with Crippen molar-refractivity contribution in [3.8, 4) is 22.5 Å². The Hall–Kier alpha value is -4.19. The molecule has 1 fully saturated rings. The minimum absolute atomic E-state index is 0.00714. The molecule has 6 nitrogen and oxygen atoms in total. The highest BCUT2D eigenvalue weighted by molar-refractivity contribution is 5.85. The van der Waals surface area contributed by atoms with Crippen molar-refractivity contribution in [2.24, 2.45) is 0 Å². The highest BCUT2D eigenvalue weighted by Gasteiger charge is 2.51. The number of hydrogen-bond acceptors (Lipinski definition) is 4. The van der Waals surface area contributed by atoms with Crippen LogP contribution in [0.1, 0.15) is 54.6 Å². The fourth-order valence-corrected chi connectivity index (χ4v) is 5.04. The molecule has 0 unspecified atom stereocenters. The average molecular weight is 509 g/mol. The molecule has 1 atom stereocenters. The van der Waals surface area contributed by atoms with Gasteiger partial charge in [0.25, 0.3) is 0 Å². The molecule has 0 bridgehead atoms. The second-order valence-corrected chi connectivity index (χ2v) is 10.2. The van der Waals surface area contributed by atoms with E-state index in [2.05, 4.69) is 5.16 Å². The van der Waals surface area contributed by atoms with E-state index in [-0.39, 0.29) is 11.9 Å². The molecule has 0 saturated heterocycles. The van der Waals surface area contributed by atoms with E-state index < -0.39 is 11.4 Å². The SMILES string of the molecule is Cc1noc(-c2ccc(-c3ccc(C4(C(=O)O)CC4)cc3)cc2)c1CCC(=O)N(C)[C@H](C)c1ccccc1. The third kappa shape index (κ3) is 4.86. The zero-order valence-corrected chi connectivity index (χ0v) is 22.0. The van der Waals surface area contributed by atoms with Gasteiger partial charge in [0, 0.05) is 24.6 Å². The molecule has 0 aliphatic heterocycles. The van der Waals surface area contributed by atoms with Crippen LogP contribution in [0.25, 0.3) is 22.5 Å². The fraction of sp³-hybridized carbons (Fsp3) is 0.281. The summed E-state index contributed by atoms with van der Waals surface area (Å²) in [6.45, 7) is 3.94. The second-order valence-electron chi connectivity index (χ2n) is 10.2. The maximum Gasteiger partial charge on any atom is 0.314 e. The van der Waals surface area contributed by atoms with Crippen LogP contribution in [0.15, 0.2) is 83.4 Å². The number of aryl methyl sites for hydroxylation is 1. The predicted molar refractivity (Wildman–Crippen MR) is 147 cm³/mol. The number of aromatic nitrogens is 1. The largest absolute Gasteiger partial charge is 0.481 e. The predicted octanol–water partition coefficient (Wildman–Crippen LogP) is 6.59. The van der Waals surface area contributed by atoms with Crippen LogP contribution in [-0.4, -0.2) is 34.1 Å². The molecule has 3 aromatic carbocycles. The number of carbonyl (C=O) groups is 2. The lowest BCUT2D eigenvalue weighted by atomic mass is 9.93. The van der Waals surface area contributed by atoms with E-state index in [0.29, 0.717) is 31.4 Å². The summed E-state index contributed by atoms with van der Waals surface area (Å²) in [6, 6.07) is 25.9. The van der Waals surface area contributed by atoms with Gasteiger partial charge in [-0.1, -0.05) is 84.0 Å². The maximum absolute atomic E-state index is 13.0. The summed E-state index contributed by atoms with van der Waals surface area (Å²) >= 11 is 0. The van der Waals surface area contributed by atoms with Gasteiger partial charge >= 0.3 is 5.97 Å². The molecule has 0 spiro atoms. The molecule has 194 valence electrons. The lowest BCUT2D eigenvalue weighted by molar-refractivity contribution is -0.140. The number of carbonyl (C=O) groups excluding carboxylic acids is 1. The zero-order valence-electron chi connectivity index (χ0n) is 22.0. The van der Waals surface area contributed by atoms with E-state index >= 15 is 0 Å². The third-order valence-electron chi connectivity index (χ3n) is 7.91. The second kappa shape index (κ2) is 10.3. The number of rotatable bonds is 9. The van der Waals surface area contributed by atoms with Gasteiger partial charge in [0.2, 0.25) is 5.91 Å². The van der Waals surface area contributed by atoms with E-state index in [1.165, 1.54) is 0 Å². The van der Waals surface area contributed by atoms with Gasteiger partial charge in [0.15, 0.2) is 5.76 Å². The number of hydrogen-bond donors (Lipinski definition) is 1. The van der Waals surface area contributed by atoms with E-state index in [1.807, 2.05) is 99.8 Å². The van der Waals surface area contributed by atoms with Crippen molar-refractivity contribution < 1.29 is 19.2 Å². The maximum atomic E-state index is 13.0. The highest BCUT2D eigenvalue weighted by atomic mass is 16.5. The molecule has 1 aliphatic rings. The summed E-state index contributed by atoms with van der Waals surface area (Å²) in [5.41, 5.74) is 5.97. The summed E-state index contributed by atoms with van der Waals surface area (Å²) in [4.78, 5) is 26.4. The number of benzene rings is 3. The number of amides is 1. The first-order valence-corrected chi connectivity index (χ1v) is 13.0. The molecule has 4 aromatic rings. The van der Waals surface area contributed by atoms with Crippen molar-refractivity contribution in [2.45, 2.75) is 51.0 Å². The van der Waals surface area contributed by atoms with Crippen molar-refractivity contribution >= 4 is 11.9 Å². The van der Waals surface area contributed by atoms with Crippen LogP contribution in [0, 0.1) is 6.92 Å². The summed E-state index contributed by atoms with van der Waals surface area (Å²) in [6.07, 6.45) is 2.31. The Labute approximate surface area is 222 Å². The van der Waals surface area contributed by atoms with E-state index in [4.69, 9.17) is 4.52 Å². The smallest absolute Gasteiger partial charge is 0.314 e. The van der Waals surface area contributed by atoms with Crippen molar-refractivity contribution in [1.29, 1.82) is 0 Å². The molecule has 1 aromatic heterocycles. The molecule has 1 aliphatic carbocycles. The first-order valence-electron chi connectivity index (χ1n) is 13.0. The normalized spacial score (nSPS) is 14.6. The Bertz CT molecular complexity index is 1440. The van der Waals surface area contributed by atoms with Crippen molar-refractivity contribution in [1.82, 2.24) is 10.1 Å². The summed E-state index contributed by atoms with van der Waals surface area (Å²) in [5.74, 6) is 0.0162. The lowest BCUT2D eigenvalue weighted by Crippen LogP contribution is -2.29. The molecule has 38 heavy (non-hydrogen) atoms. The number of nitrogens with zero attached hydrogens (tertiary/aromatic N) is 2. The molecular formula is C32H32N2O4. The minimum Gasteiger partial charge on any atom is -0.481 e. The van der Waals surface area contributed by atoms with Crippen molar-refractivity contribution in [3.05, 3.63) is 101 Å². The quantitative estimate of drug-likeness (QED) is 0.276. The first kappa shape index (κ1) is 25.5. The standard InChI is InChI=1S/C32H32N2O4/c1-21-28(17-18-29(35)34(3)22(2)23-7-5-4-6-8-23)30(38-33-21)26-11-9-24(10-12-26)25-13-15-27(16-14-25)32(19-20-32)31(36)37/h4-16,22H,17-20H2,1-3H3,(H,36,37)/t22-/m1/s1. The summed E-state index contributed by atoms with van der Waals surface area (Å²) in [5, 5.41) is 13.7. The molecule has 1 saturated carbocycles. The summed E-state index contributed by atoms with van der Waals surface area (Å²) < 4.78 is 5.69. The zero-order chi connectivity index (χ0) is 26.9. The van der Waals surface area contributed by atoms with Crippen LogP contribution < -0.4 is 0 Å². The van der Waals surface area contributed by atoms with Gasteiger partial charge in [-0.15, -0.1) is 0 Å². The van der Waals surface area contributed by atoms with Gasteiger partial charge in [0.05, 0.1) is 17.2 Å². The van der Waals surface area contributed by atoms with Gasteiger partial charge in [-0.05, 0) is 55.4 Å². The Morgan fingerprint density at radius 1 is 0.947 bits per heavy atom. The molecule has 5 rings (SSSR count). The van der Waals surface area contributed by atoms with Crippen LogP contribution >= 0.6 is 0 Å². The van der Waals surface area contributed by atoms with Crippen LogP contribution in [0.4, 0.5) is 0 Å². The van der Waals surface area contributed by atoms with E-state index in [1.54, 1.807) is 4.90 Å². The van der Waals surface area contributed by atoms with Crippen molar-refractivity contribution in [2.75, 3.05) is 7.05 Å². The van der Waals surface area contributed by atoms with Gasteiger partial charge in [-0.2, -0.15) is 0 Å². The first-order chi connectivity index (χ1) is 18.3. The number of carboxylic acids is 1. The van der Waals surface area contributed by atoms with Crippen LogP contribution in [-0.2, 0) is 21.4 Å². The number of aliphatic carboxylic acids is 1.